The average molecular weight is 412 g/mol. The molecule has 1 aliphatic heterocycles. The number of amides is 1. The number of hydrogen-bond acceptors (Lipinski definition) is 3. The fourth-order valence-corrected chi connectivity index (χ4v) is 4.19. The van der Waals surface area contributed by atoms with Crippen LogP contribution in [0.5, 0.6) is 0 Å². The Hall–Kier alpha value is -2.27. The Labute approximate surface area is 179 Å². The maximum atomic E-state index is 13.3. The third kappa shape index (κ3) is 6.91. The van der Waals surface area contributed by atoms with Gasteiger partial charge in [-0.3, -0.25) is 14.7 Å². The van der Waals surface area contributed by atoms with Crippen molar-refractivity contribution in [3.8, 4) is 0 Å². The van der Waals surface area contributed by atoms with Crippen molar-refractivity contribution in [3.05, 3.63) is 65.7 Å². The summed E-state index contributed by atoms with van der Waals surface area (Å²) in [5.41, 5.74) is 1.97. The lowest BCUT2D eigenvalue weighted by Gasteiger charge is -2.38. The summed E-state index contributed by atoms with van der Waals surface area (Å²) in [6.45, 7) is 8.05. The molecular weight excluding hydrogens is 377 g/mol. The van der Waals surface area contributed by atoms with Gasteiger partial charge in [0.15, 0.2) is 0 Å². The van der Waals surface area contributed by atoms with E-state index in [2.05, 4.69) is 36.0 Å². The van der Waals surface area contributed by atoms with Gasteiger partial charge in [0.2, 0.25) is 5.91 Å². The highest BCUT2D eigenvalue weighted by Gasteiger charge is 2.28. The van der Waals surface area contributed by atoms with E-state index in [1.54, 1.807) is 6.20 Å². The number of aromatic nitrogens is 1. The van der Waals surface area contributed by atoms with E-state index >= 15 is 0 Å². The van der Waals surface area contributed by atoms with E-state index in [0.717, 1.165) is 37.2 Å². The van der Waals surface area contributed by atoms with Crippen LogP contribution in [0.15, 0.2) is 48.7 Å². The van der Waals surface area contributed by atoms with Gasteiger partial charge in [-0.15, -0.1) is 0 Å². The zero-order valence-corrected chi connectivity index (χ0v) is 18.4. The molecule has 1 saturated heterocycles. The molecule has 30 heavy (non-hydrogen) atoms. The molecule has 2 unspecified atom stereocenters. The third-order valence-electron chi connectivity index (χ3n) is 5.63. The Morgan fingerprint density at radius 1 is 1.20 bits per heavy atom. The molecule has 1 aliphatic rings. The van der Waals surface area contributed by atoms with E-state index in [-0.39, 0.29) is 23.2 Å². The molecule has 1 aromatic carbocycles. The first kappa shape index (κ1) is 22.4. The number of piperidine rings is 1. The smallest absolute Gasteiger partial charge is 0.221 e. The minimum atomic E-state index is -0.203. The number of rotatable bonds is 7. The second-order valence-electron chi connectivity index (χ2n) is 9.59. The normalized spacial score (nSPS) is 18.7. The predicted octanol–water partition coefficient (Wildman–Crippen LogP) is 5.26. The van der Waals surface area contributed by atoms with Crippen molar-refractivity contribution in [2.45, 2.75) is 71.5 Å². The Morgan fingerprint density at radius 3 is 2.63 bits per heavy atom. The van der Waals surface area contributed by atoms with Crippen LogP contribution in [0.2, 0.25) is 0 Å². The molecule has 0 saturated carbocycles. The number of carbonyl (C=O) groups is 1. The fourth-order valence-electron chi connectivity index (χ4n) is 4.19. The van der Waals surface area contributed by atoms with Crippen LogP contribution in [0.1, 0.15) is 70.2 Å². The predicted molar refractivity (Wildman–Crippen MR) is 118 cm³/mol. The summed E-state index contributed by atoms with van der Waals surface area (Å²) in [6, 6.07) is 12.9. The second kappa shape index (κ2) is 10.2. The molecule has 3 rings (SSSR count). The van der Waals surface area contributed by atoms with Gasteiger partial charge < -0.3 is 5.32 Å². The van der Waals surface area contributed by atoms with E-state index in [0.29, 0.717) is 12.5 Å². The maximum Gasteiger partial charge on any atom is 0.221 e. The summed E-state index contributed by atoms with van der Waals surface area (Å²) in [5.74, 6) is -0.134. The first-order chi connectivity index (χ1) is 14.3. The lowest BCUT2D eigenvalue weighted by atomic mass is 9.90. The molecule has 2 heterocycles. The van der Waals surface area contributed by atoms with Crippen molar-refractivity contribution in [1.29, 1.82) is 0 Å². The van der Waals surface area contributed by atoms with Gasteiger partial charge in [0.05, 0.1) is 11.7 Å². The molecule has 0 radical (unpaired) electrons. The van der Waals surface area contributed by atoms with Gasteiger partial charge in [-0.25, -0.2) is 4.39 Å². The van der Waals surface area contributed by atoms with E-state index in [1.807, 2.05) is 30.3 Å². The number of hydrogen-bond donors (Lipinski definition) is 1. The summed E-state index contributed by atoms with van der Waals surface area (Å²) < 4.78 is 13.3. The Bertz CT molecular complexity index is 801. The summed E-state index contributed by atoms with van der Waals surface area (Å²) >= 11 is 0. The maximum absolute atomic E-state index is 13.3. The number of pyridine rings is 1. The molecule has 0 spiro atoms. The zero-order valence-electron chi connectivity index (χ0n) is 18.4. The van der Waals surface area contributed by atoms with Crippen LogP contribution in [-0.2, 0) is 11.3 Å². The third-order valence-corrected chi connectivity index (χ3v) is 5.63. The number of benzene rings is 1. The molecule has 1 aromatic heterocycles. The van der Waals surface area contributed by atoms with Crippen LogP contribution in [0.25, 0.3) is 0 Å². The molecule has 2 atom stereocenters. The Balaban J connectivity index is 1.73. The summed E-state index contributed by atoms with van der Waals surface area (Å²) in [6.07, 6.45) is 6.56. The molecule has 162 valence electrons. The average Bonchev–Trinajstić information content (AvgIpc) is 2.70. The zero-order chi connectivity index (χ0) is 21.6. The highest BCUT2D eigenvalue weighted by atomic mass is 19.1. The minimum absolute atomic E-state index is 0.0573. The highest BCUT2D eigenvalue weighted by Crippen LogP contribution is 2.28. The molecule has 2 aromatic rings. The molecule has 4 nitrogen and oxygen atoms in total. The molecule has 0 bridgehead atoms. The summed E-state index contributed by atoms with van der Waals surface area (Å²) in [7, 11) is 0. The standard InChI is InChI=1S/C25H34FN3O/c1-25(2,3)17-24(30)28-23(22-9-4-6-14-27-22)16-21-8-5-7-15-29(21)18-19-10-12-20(26)13-11-19/h4,6,9-14,21,23H,5,7-8,15-18H2,1-3H3,(H,28,30). The van der Waals surface area contributed by atoms with E-state index in [1.165, 1.54) is 25.0 Å². The van der Waals surface area contributed by atoms with Gasteiger partial charge in [-0.1, -0.05) is 45.4 Å². The quantitative estimate of drug-likeness (QED) is 0.676. The molecule has 5 heteroatoms. The second-order valence-corrected chi connectivity index (χ2v) is 9.59. The van der Waals surface area contributed by atoms with Gasteiger partial charge in [-0.05, 0) is 61.1 Å². The lowest BCUT2D eigenvalue weighted by molar-refractivity contribution is -0.123. The number of carbonyl (C=O) groups excluding carboxylic acids is 1. The van der Waals surface area contributed by atoms with Crippen LogP contribution in [0, 0.1) is 11.2 Å². The van der Waals surface area contributed by atoms with E-state index in [9.17, 15) is 9.18 Å². The van der Waals surface area contributed by atoms with E-state index < -0.39 is 0 Å². The van der Waals surface area contributed by atoms with Gasteiger partial charge >= 0.3 is 0 Å². The molecule has 1 amide bonds. The molecular formula is C25H34FN3O. The van der Waals surface area contributed by atoms with Crippen molar-refractivity contribution >= 4 is 5.91 Å². The molecule has 0 aliphatic carbocycles. The summed E-state index contributed by atoms with van der Waals surface area (Å²) in [5, 5.41) is 3.25. The number of nitrogens with one attached hydrogen (secondary N) is 1. The van der Waals surface area contributed by atoms with Crippen molar-refractivity contribution in [1.82, 2.24) is 15.2 Å². The van der Waals surface area contributed by atoms with Crippen molar-refractivity contribution in [2.24, 2.45) is 5.41 Å². The highest BCUT2D eigenvalue weighted by molar-refractivity contribution is 5.77. The largest absolute Gasteiger partial charge is 0.348 e. The van der Waals surface area contributed by atoms with Crippen LogP contribution in [-0.4, -0.2) is 28.4 Å². The van der Waals surface area contributed by atoms with Gasteiger partial charge in [0.1, 0.15) is 5.82 Å². The number of halogens is 1. The Kier molecular flexibility index (Phi) is 7.59. The van der Waals surface area contributed by atoms with Crippen LogP contribution in [0.3, 0.4) is 0 Å². The molecule has 1 N–H and O–H groups in total. The Morgan fingerprint density at radius 2 is 1.97 bits per heavy atom. The van der Waals surface area contributed by atoms with Gasteiger partial charge in [0.25, 0.3) is 0 Å². The lowest BCUT2D eigenvalue weighted by Crippen LogP contribution is -2.42. The van der Waals surface area contributed by atoms with Crippen LogP contribution < -0.4 is 5.32 Å². The minimum Gasteiger partial charge on any atom is -0.348 e. The summed E-state index contributed by atoms with van der Waals surface area (Å²) in [4.78, 5) is 19.7. The van der Waals surface area contributed by atoms with Gasteiger partial charge in [-0.2, -0.15) is 0 Å². The fraction of sp³-hybridized carbons (Fsp3) is 0.520. The first-order valence-electron chi connectivity index (χ1n) is 11.0. The molecule has 1 fully saturated rings. The van der Waals surface area contributed by atoms with Crippen molar-refractivity contribution < 1.29 is 9.18 Å². The van der Waals surface area contributed by atoms with Crippen molar-refractivity contribution in [3.63, 3.8) is 0 Å². The topological polar surface area (TPSA) is 45.2 Å². The van der Waals surface area contributed by atoms with Crippen LogP contribution >= 0.6 is 0 Å². The van der Waals surface area contributed by atoms with Crippen LogP contribution in [0.4, 0.5) is 4.39 Å². The monoisotopic (exact) mass is 411 g/mol. The van der Waals surface area contributed by atoms with Gasteiger partial charge in [0, 0.05) is 25.2 Å². The first-order valence-corrected chi connectivity index (χ1v) is 11.0. The number of nitrogens with zero attached hydrogens (tertiary/aromatic N) is 2. The SMILES string of the molecule is CC(C)(C)CC(=O)NC(CC1CCCCN1Cc1ccc(F)cc1)c1ccccn1. The number of likely N-dealkylation sites (tertiary alicyclic amines) is 1. The van der Waals surface area contributed by atoms with Crippen molar-refractivity contribution in [2.75, 3.05) is 6.54 Å². The van der Waals surface area contributed by atoms with E-state index in [4.69, 9.17) is 0 Å².